The van der Waals surface area contributed by atoms with Crippen LogP contribution in [0.4, 0.5) is 13.2 Å². The van der Waals surface area contributed by atoms with Crippen molar-refractivity contribution in [2.24, 2.45) is 0 Å². The van der Waals surface area contributed by atoms with E-state index in [1.807, 2.05) is 24.3 Å². The van der Waals surface area contributed by atoms with Crippen molar-refractivity contribution in [2.45, 2.75) is 24.6 Å². The number of ether oxygens (including phenoxy) is 1. The van der Waals surface area contributed by atoms with Crippen LogP contribution < -0.4 is 4.74 Å². The summed E-state index contributed by atoms with van der Waals surface area (Å²) in [6.07, 6.45) is 1.74. The van der Waals surface area contributed by atoms with Crippen molar-refractivity contribution in [3.05, 3.63) is 59.7 Å². The Balaban J connectivity index is 2.12. The van der Waals surface area contributed by atoms with Gasteiger partial charge in [-0.1, -0.05) is 42.5 Å². The van der Waals surface area contributed by atoms with E-state index in [-0.39, 0.29) is 22.8 Å². The smallest absolute Gasteiger partial charge is 0.429 e. The number of carboxylic acids is 1. The Morgan fingerprint density at radius 1 is 1.26 bits per heavy atom. The van der Waals surface area contributed by atoms with Crippen molar-refractivity contribution in [1.29, 1.82) is 0 Å². The number of alkyl halides is 3. The number of hydrogen-bond donors (Lipinski definition) is 1. The molecule has 1 heterocycles. The normalized spacial score (nSPS) is 23.0. The van der Waals surface area contributed by atoms with Crippen LogP contribution in [-0.2, 0) is 4.79 Å². The van der Waals surface area contributed by atoms with Crippen molar-refractivity contribution in [3.8, 4) is 5.75 Å². The summed E-state index contributed by atoms with van der Waals surface area (Å²) < 4.78 is 44.3. The minimum absolute atomic E-state index is 0.000301. The van der Waals surface area contributed by atoms with Crippen molar-refractivity contribution in [2.75, 3.05) is 0 Å². The van der Waals surface area contributed by atoms with Crippen LogP contribution >= 0.6 is 0 Å². The van der Waals surface area contributed by atoms with Gasteiger partial charge in [-0.3, -0.25) is 0 Å². The summed E-state index contributed by atoms with van der Waals surface area (Å²) in [4.78, 5) is 11.4. The molecule has 0 spiro atoms. The molecular formula is C17H13F3O3. The number of aliphatic carboxylic acids is 1. The number of halogens is 3. The van der Waals surface area contributed by atoms with Gasteiger partial charge in [-0.05, 0) is 12.5 Å². The summed E-state index contributed by atoms with van der Waals surface area (Å²) in [7, 11) is 0. The molecule has 0 saturated heterocycles. The quantitative estimate of drug-likeness (QED) is 0.892. The van der Waals surface area contributed by atoms with E-state index in [0.717, 1.165) is 0 Å². The average molecular weight is 322 g/mol. The van der Waals surface area contributed by atoms with Gasteiger partial charge in [0.25, 0.3) is 0 Å². The molecular weight excluding hydrogens is 309 g/mol. The predicted octanol–water partition coefficient (Wildman–Crippen LogP) is 4.08. The second kappa shape index (κ2) is 5.61. The molecule has 0 fully saturated rings. The Labute approximate surface area is 130 Å². The van der Waals surface area contributed by atoms with Crippen LogP contribution in [-0.4, -0.2) is 23.4 Å². The molecule has 1 aromatic carbocycles. The van der Waals surface area contributed by atoms with Gasteiger partial charge in [0.15, 0.2) is 0 Å². The first-order valence-electron chi connectivity index (χ1n) is 7.03. The van der Waals surface area contributed by atoms with E-state index in [0.29, 0.717) is 18.1 Å². The first-order chi connectivity index (χ1) is 10.9. The largest absolute Gasteiger partial charge is 0.478 e. The molecule has 23 heavy (non-hydrogen) atoms. The van der Waals surface area contributed by atoms with E-state index < -0.39 is 18.2 Å². The van der Waals surface area contributed by atoms with Gasteiger partial charge in [0, 0.05) is 17.0 Å². The van der Waals surface area contributed by atoms with Crippen molar-refractivity contribution < 1.29 is 27.8 Å². The SMILES string of the molecule is O=C(O)C1=CC(C(F)(F)F)Oc2c1cccc2C1C=CC=CC1. The van der Waals surface area contributed by atoms with Gasteiger partial charge in [0.05, 0.1) is 5.57 Å². The summed E-state index contributed by atoms with van der Waals surface area (Å²) >= 11 is 0. The Morgan fingerprint density at radius 2 is 2.04 bits per heavy atom. The third-order valence-electron chi connectivity index (χ3n) is 3.83. The van der Waals surface area contributed by atoms with Gasteiger partial charge in [-0.15, -0.1) is 0 Å². The molecule has 0 radical (unpaired) electrons. The molecule has 3 nitrogen and oxygen atoms in total. The molecule has 120 valence electrons. The maximum atomic E-state index is 13.1. The van der Waals surface area contributed by atoms with E-state index in [1.165, 1.54) is 6.07 Å². The van der Waals surface area contributed by atoms with Gasteiger partial charge in [-0.25, -0.2) is 4.79 Å². The Morgan fingerprint density at radius 3 is 2.65 bits per heavy atom. The van der Waals surface area contributed by atoms with Crippen LogP contribution in [0.2, 0.25) is 0 Å². The highest BCUT2D eigenvalue weighted by atomic mass is 19.4. The van der Waals surface area contributed by atoms with Gasteiger partial charge in [0.2, 0.25) is 6.10 Å². The lowest BCUT2D eigenvalue weighted by atomic mass is 9.88. The Bertz CT molecular complexity index is 729. The molecule has 2 aliphatic rings. The molecule has 1 aromatic rings. The predicted molar refractivity (Wildman–Crippen MR) is 78.2 cm³/mol. The number of fused-ring (bicyclic) bond motifs is 1. The standard InChI is InChI=1S/C17H13F3O3/c18-17(19,20)14-9-13(16(21)22)12-8-4-7-11(15(12)23-14)10-5-2-1-3-6-10/h1-5,7-10,14H,6H2,(H,21,22). The first-order valence-corrected chi connectivity index (χ1v) is 7.03. The molecule has 1 aliphatic heterocycles. The molecule has 0 bridgehead atoms. The summed E-state index contributed by atoms with van der Waals surface area (Å²) in [5.41, 5.74) is 0.355. The van der Waals surface area contributed by atoms with Crippen molar-refractivity contribution in [1.82, 2.24) is 0 Å². The number of rotatable bonds is 2. The number of benzene rings is 1. The molecule has 6 heteroatoms. The van der Waals surface area contributed by atoms with Crippen molar-refractivity contribution in [3.63, 3.8) is 0 Å². The molecule has 0 saturated carbocycles. The molecule has 0 aromatic heterocycles. The fourth-order valence-corrected chi connectivity index (χ4v) is 2.75. The maximum Gasteiger partial charge on any atom is 0.429 e. The Hall–Kier alpha value is -2.50. The summed E-state index contributed by atoms with van der Waals surface area (Å²) in [6.45, 7) is 0. The zero-order valence-electron chi connectivity index (χ0n) is 11.9. The minimum atomic E-state index is -4.67. The lowest BCUT2D eigenvalue weighted by Gasteiger charge is -2.29. The van der Waals surface area contributed by atoms with Crippen LogP contribution in [0.5, 0.6) is 5.75 Å². The number of para-hydroxylation sites is 1. The highest BCUT2D eigenvalue weighted by Crippen LogP contribution is 2.43. The fraction of sp³-hybridized carbons (Fsp3) is 0.235. The third kappa shape index (κ3) is 2.88. The van der Waals surface area contributed by atoms with Crippen LogP contribution in [0.3, 0.4) is 0 Å². The van der Waals surface area contributed by atoms with Gasteiger partial charge in [-0.2, -0.15) is 13.2 Å². The molecule has 2 atom stereocenters. The van der Waals surface area contributed by atoms with Crippen LogP contribution in [0.1, 0.15) is 23.5 Å². The molecule has 2 unspecified atom stereocenters. The maximum absolute atomic E-state index is 13.1. The molecule has 1 N–H and O–H groups in total. The monoisotopic (exact) mass is 322 g/mol. The number of hydrogen-bond acceptors (Lipinski definition) is 2. The third-order valence-corrected chi connectivity index (χ3v) is 3.83. The van der Waals surface area contributed by atoms with Crippen LogP contribution in [0, 0.1) is 0 Å². The fourth-order valence-electron chi connectivity index (χ4n) is 2.75. The molecule has 1 aliphatic carbocycles. The highest BCUT2D eigenvalue weighted by Gasteiger charge is 2.44. The second-order valence-electron chi connectivity index (χ2n) is 5.34. The van der Waals surface area contributed by atoms with E-state index >= 15 is 0 Å². The summed E-state index contributed by atoms with van der Waals surface area (Å²) in [6, 6.07) is 4.77. The average Bonchev–Trinajstić information content (AvgIpc) is 2.53. The van der Waals surface area contributed by atoms with Crippen LogP contribution in [0.25, 0.3) is 5.57 Å². The molecule has 0 amide bonds. The van der Waals surface area contributed by atoms with Crippen molar-refractivity contribution >= 4 is 11.5 Å². The molecule has 3 rings (SSSR count). The zero-order valence-corrected chi connectivity index (χ0v) is 11.9. The summed E-state index contributed by atoms with van der Waals surface area (Å²) in [5, 5.41) is 9.25. The van der Waals surface area contributed by atoms with E-state index in [1.54, 1.807) is 12.1 Å². The number of carboxylic acid groups (broad SMARTS) is 1. The second-order valence-corrected chi connectivity index (χ2v) is 5.34. The van der Waals surface area contributed by atoms with E-state index in [9.17, 15) is 23.1 Å². The van der Waals surface area contributed by atoms with Gasteiger partial charge < -0.3 is 9.84 Å². The van der Waals surface area contributed by atoms with Gasteiger partial charge in [0.1, 0.15) is 5.75 Å². The lowest BCUT2D eigenvalue weighted by molar-refractivity contribution is -0.180. The number of allylic oxidation sites excluding steroid dienone is 4. The van der Waals surface area contributed by atoms with E-state index in [4.69, 9.17) is 4.74 Å². The zero-order chi connectivity index (χ0) is 16.6. The Kier molecular flexibility index (Phi) is 3.75. The lowest BCUT2D eigenvalue weighted by Crippen LogP contribution is -2.36. The highest BCUT2D eigenvalue weighted by molar-refractivity contribution is 6.16. The minimum Gasteiger partial charge on any atom is -0.478 e. The van der Waals surface area contributed by atoms with E-state index in [2.05, 4.69) is 0 Å². The summed E-state index contributed by atoms with van der Waals surface area (Å²) in [5.74, 6) is -1.54. The topological polar surface area (TPSA) is 46.5 Å². The van der Waals surface area contributed by atoms with Crippen LogP contribution in [0.15, 0.2) is 48.6 Å². The number of carbonyl (C=O) groups is 1. The van der Waals surface area contributed by atoms with Gasteiger partial charge >= 0.3 is 12.1 Å². The first kappa shape index (κ1) is 15.4.